The highest BCUT2D eigenvalue weighted by atomic mass is 16.2. The lowest BCUT2D eigenvalue weighted by atomic mass is 9.95. The molecule has 25 heavy (non-hydrogen) atoms. The van der Waals surface area contributed by atoms with Gasteiger partial charge < -0.3 is 10.2 Å². The second-order valence-electron chi connectivity index (χ2n) is 6.80. The molecular weight excluding hydrogens is 318 g/mol. The maximum Gasteiger partial charge on any atom is 0.317 e. The predicted octanol–water partition coefficient (Wildman–Crippen LogP) is 2.65. The number of fused-ring (bicyclic) bond motifs is 1. The van der Waals surface area contributed by atoms with E-state index >= 15 is 0 Å². The molecule has 1 aromatic carbocycles. The Morgan fingerprint density at radius 2 is 1.72 bits per heavy atom. The van der Waals surface area contributed by atoms with E-state index in [1.165, 1.54) is 24.2 Å². The quantitative estimate of drug-likeness (QED) is 0.660. The van der Waals surface area contributed by atoms with Crippen molar-refractivity contribution in [2.45, 2.75) is 44.6 Å². The van der Waals surface area contributed by atoms with Crippen LogP contribution in [0.5, 0.6) is 0 Å². The van der Waals surface area contributed by atoms with Gasteiger partial charge in [0.05, 0.1) is 11.1 Å². The van der Waals surface area contributed by atoms with E-state index in [1.807, 2.05) is 7.05 Å². The smallest absolute Gasteiger partial charge is 0.317 e. The second kappa shape index (κ2) is 7.68. The van der Waals surface area contributed by atoms with Crippen LogP contribution in [0.25, 0.3) is 0 Å². The van der Waals surface area contributed by atoms with Crippen LogP contribution in [0, 0.1) is 0 Å². The predicted molar refractivity (Wildman–Crippen MR) is 94.5 cm³/mol. The van der Waals surface area contributed by atoms with E-state index in [-0.39, 0.29) is 17.8 Å². The van der Waals surface area contributed by atoms with Crippen LogP contribution in [-0.2, 0) is 0 Å². The average Bonchev–Trinajstić information content (AvgIpc) is 2.90. The van der Waals surface area contributed by atoms with Gasteiger partial charge in [-0.25, -0.2) is 4.79 Å². The summed E-state index contributed by atoms with van der Waals surface area (Å²) >= 11 is 0. The van der Waals surface area contributed by atoms with Crippen molar-refractivity contribution in [1.82, 2.24) is 15.1 Å². The fourth-order valence-corrected chi connectivity index (χ4v) is 3.63. The first kappa shape index (κ1) is 17.5. The topological polar surface area (TPSA) is 69.7 Å². The number of nitrogens with zero attached hydrogens (tertiary/aromatic N) is 2. The highest BCUT2D eigenvalue weighted by Crippen LogP contribution is 2.23. The van der Waals surface area contributed by atoms with Crippen LogP contribution >= 0.6 is 0 Å². The molecule has 1 saturated carbocycles. The van der Waals surface area contributed by atoms with Gasteiger partial charge in [-0.05, 0) is 31.4 Å². The zero-order chi connectivity index (χ0) is 17.8. The lowest BCUT2D eigenvalue weighted by Crippen LogP contribution is -2.45. The molecule has 6 heteroatoms. The van der Waals surface area contributed by atoms with Gasteiger partial charge in [-0.2, -0.15) is 0 Å². The van der Waals surface area contributed by atoms with Crippen molar-refractivity contribution in [3.8, 4) is 0 Å². The molecule has 0 radical (unpaired) electrons. The summed E-state index contributed by atoms with van der Waals surface area (Å²) < 4.78 is 0. The van der Waals surface area contributed by atoms with Gasteiger partial charge in [0.25, 0.3) is 11.8 Å². The van der Waals surface area contributed by atoms with Gasteiger partial charge in [-0.1, -0.05) is 31.4 Å². The molecule has 1 aliphatic carbocycles. The molecule has 0 saturated heterocycles. The average molecular weight is 343 g/mol. The molecule has 4 amide bonds. The van der Waals surface area contributed by atoms with Crippen LogP contribution in [0.3, 0.4) is 0 Å². The Labute approximate surface area is 148 Å². The lowest BCUT2D eigenvalue weighted by molar-refractivity contribution is 0.0653. The Morgan fingerprint density at radius 1 is 1.12 bits per heavy atom. The van der Waals surface area contributed by atoms with Crippen molar-refractivity contribution in [3.63, 3.8) is 0 Å². The van der Waals surface area contributed by atoms with Crippen molar-refractivity contribution in [2.75, 3.05) is 20.1 Å². The van der Waals surface area contributed by atoms with E-state index in [9.17, 15) is 14.4 Å². The molecular formula is C19H25N3O3. The monoisotopic (exact) mass is 343 g/mol. The Bertz CT molecular complexity index is 633. The number of nitrogens with one attached hydrogen (secondary N) is 1. The maximum absolute atomic E-state index is 12.3. The molecule has 2 aliphatic rings. The molecule has 3 rings (SSSR count). The normalized spacial score (nSPS) is 17.6. The molecule has 0 aromatic heterocycles. The van der Waals surface area contributed by atoms with Crippen molar-refractivity contribution < 1.29 is 14.4 Å². The summed E-state index contributed by atoms with van der Waals surface area (Å²) in [5, 5.41) is 2.89. The van der Waals surface area contributed by atoms with Gasteiger partial charge in [-0.15, -0.1) is 0 Å². The minimum absolute atomic E-state index is 0.0748. The lowest BCUT2D eigenvalue weighted by Gasteiger charge is -2.31. The summed E-state index contributed by atoms with van der Waals surface area (Å²) in [5.41, 5.74) is 0.933. The second-order valence-corrected chi connectivity index (χ2v) is 6.80. The van der Waals surface area contributed by atoms with Crippen molar-refractivity contribution in [3.05, 3.63) is 35.4 Å². The first-order valence-electron chi connectivity index (χ1n) is 9.05. The van der Waals surface area contributed by atoms with Gasteiger partial charge >= 0.3 is 6.03 Å². The molecule has 1 N–H and O–H groups in total. The number of rotatable bonds is 5. The molecule has 0 bridgehead atoms. The summed E-state index contributed by atoms with van der Waals surface area (Å²) in [4.78, 5) is 39.8. The van der Waals surface area contributed by atoms with Crippen LogP contribution in [0.15, 0.2) is 24.3 Å². The highest BCUT2D eigenvalue weighted by Gasteiger charge is 2.34. The van der Waals surface area contributed by atoms with Gasteiger partial charge in [0, 0.05) is 26.2 Å². The molecule has 1 aliphatic heterocycles. The zero-order valence-electron chi connectivity index (χ0n) is 14.7. The third-order valence-electron chi connectivity index (χ3n) is 5.16. The molecule has 0 atom stereocenters. The summed E-state index contributed by atoms with van der Waals surface area (Å²) in [6.45, 7) is 0.767. The highest BCUT2D eigenvalue weighted by molar-refractivity contribution is 6.21. The molecule has 1 fully saturated rings. The molecule has 1 aromatic rings. The van der Waals surface area contributed by atoms with Crippen molar-refractivity contribution >= 4 is 17.8 Å². The number of carbonyl (C=O) groups is 3. The van der Waals surface area contributed by atoms with E-state index in [1.54, 1.807) is 29.2 Å². The van der Waals surface area contributed by atoms with Crippen LogP contribution in [0.4, 0.5) is 4.79 Å². The van der Waals surface area contributed by atoms with Crippen molar-refractivity contribution in [1.29, 1.82) is 0 Å². The Hall–Kier alpha value is -2.37. The maximum atomic E-state index is 12.3. The van der Waals surface area contributed by atoms with E-state index < -0.39 is 0 Å². The van der Waals surface area contributed by atoms with Gasteiger partial charge in [0.2, 0.25) is 0 Å². The minimum Gasteiger partial charge on any atom is -0.338 e. The molecule has 0 spiro atoms. The van der Waals surface area contributed by atoms with Crippen LogP contribution < -0.4 is 5.32 Å². The molecule has 1 heterocycles. The van der Waals surface area contributed by atoms with Crippen molar-refractivity contribution in [2.24, 2.45) is 0 Å². The van der Waals surface area contributed by atoms with Crippen LogP contribution in [0.1, 0.15) is 59.2 Å². The van der Waals surface area contributed by atoms with Crippen LogP contribution in [-0.4, -0.2) is 53.8 Å². The number of urea groups is 1. The number of carbonyl (C=O) groups excluding carboxylic acids is 3. The zero-order valence-corrected chi connectivity index (χ0v) is 14.7. The Morgan fingerprint density at radius 3 is 2.32 bits per heavy atom. The summed E-state index contributed by atoms with van der Waals surface area (Å²) in [5.74, 6) is -0.488. The van der Waals surface area contributed by atoms with Gasteiger partial charge in [0.15, 0.2) is 0 Å². The van der Waals surface area contributed by atoms with E-state index in [4.69, 9.17) is 0 Å². The molecule has 134 valence electrons. The summed E-state index contributed by atoms with van der Waals surface area (Å²) in [6, 6.07) is 7.12. The third kappa shape index (κ3) is 3.67. The van der Waals surface area contributed by atoms with Gasteiger partial charge in [0.1, 0.15) is 0 Å². The third-order valence-corrected chi connectivity index (χ3v) is 5.16. The molecule has 0 unspecified atom stereocenters. The first-order chi connectivity index (χ1) is 12.1. The Kier molecular flexibility index (Phi) is 5.36. The minimum atomic E-state index is -0.244. The summed E-state index contributed by atoms with van der Waals surface area (Å²) in [6.07, 6.45) is 6.31. The number of imide groups is 1. The Balaban J connectivity index is 1.44. The number of amides is 4. The number of benzene rings is 1. The molecule has 6 nitrogen and oxygen atoms in total. The van der Waals surface area contributed by atoms with E-state index in [0.717, 1.165) is 12.8 Å². The van der Waals surface area contributed by atoms with Gasteiger partial charge in [-0.3, -0.25) is 14.5 Å². The largest absolute Gasteiger partial charge is 0.338 e. The fraction of sp³-hybridized carbons (Fsp3) is 0.526. The van der Waals surface area contributed by atoms with E-state index in [2.05, 4.69) is 5.32 Å². The number of hydrogen-bond acceptors (Lipinski definition) is 3. The fourth-order valence-electron chi connectivity index (χ4n) is 3.63. The number of hydrogen-bond donors (Lipinski definition) is 1. The first-order valence-corrected chi connectivity index (χ1v) is 9.05. The standard InChI is InChI=1S/C19H25N3O3/c1-21(14-8-3-2-4-9-14)19(25)20-12-7-13-22-17(23)15-10-5-6-11-16(15)18(22)24/h5-6,10-11,14H,2-4,7-9,12-13H2,1H3,(H,20,25). The van der Waals surface area contributed by atoms with E-state index in [0.29, 0.717) is 36.7 Å². The summed E-state index contributed by atoms with van der Waals surface area (Å²) in [7, 11) is 1.84. The van der Waals surface area contributed by atoms with Crippen LogP contribution in [0.2, 0.25) is 0 Å². The SMILES string of the molecule is CN(C(=O)NCCCN1C(=O)c2ccccc2C1=O)C1CCCCC1.